The van der Waals surface area contributed by atoms with Gasteiger partial charge in [-0.25, -0.2) is 8.78 Å². The van der Waals surface area contributed by atoms with Crippen LogP contribution in [-0.4, -0.2) is 23.9 Å². The van der Waals surface area contributed by atoms with Crippen molar-refractivity contribution in [2.45, 2.75) is 44.6 Å². The number of halogens is 2. The summed E-state index contributed by atoms with van der Waals surface area (Å²) in [6, 6.07) is 2.18. The Morgan fingerprint density at radius 3 is 2.19 bits per heavy atom. The minimum atomic E-state index is -0.866. The van der Waals surface area contributed by atoms with Gasteiger partial charge in [0.15, 0.2) is 11.6 Å². The molecule has 0 aliphatic heterocycles. The van der Waals surface area contributed by atoms with Crippen LogP contribution in [0.3, 0.4) is 0 Å². The predicted molar refractivity (Wildman–Crippen MR) is 77.8 cm³/mol. The zero-order chi connectivity index (χ0) is 15.4. The van der Waals surface area contributed by atoms with Gasteiger partial charge >= 0.3 is 0 Å². The van der Waals surface area contributed by atoms with E-state index in [-0.39, 0.29) is 17.5 Å². The first-order valence-corrected chi connectivity index (χ1v) is 7.27. The van der Waals surface area contributed by atoms with Crippen molar-refractivity contribution in [3.05, 3.63) is 29.3 Å². The van der Waals surface area contributed by atoms with Crippen molar-refractivity contribution >= 4 is 11.6 Å². The van der Waals surface area contributed by atoms with Gasteiger partial charge in [-0.3, -0.25) is 10.6 Å². The zero-order valence-electron chi connectivity index (χ0n) is 12.2. The second-order valence-electron chi connectivity index (χ2n) is 5.52. The average Bonchev–Trinajstić information content (AvgIpc) is 2.74. The molecule has 21 heavy (non-hydrogen) atoms. The molecule has 0 saturated heterocycles. The first-order chi connectivity index (χ1) is 10.0. The highest BCUT2D eigenvalue weighted by molar-refractivity contribution is 5.94. The highest BCUT2D eigenvalue weighted by atomic mass is 19.1. The summed E-state index contributed by atoms with van der Waals surface area (Å²) in [5.74, 6) is 2.96. The molecule has 0 aromatic heterocycles. The summed E-state index contributed by atoms with van der Waals surface area (Å²) in [7, 11) is 1.70. The number of hydrazine groups is 1. The Morgan fingerprint density at radius 2 is 1.71 bits per heavy atom. The van der Waals surface area contributed by atoms with Crippen LogP contribution in [0.5, 0.6) is 0 Å². The molecule has 1 aromatic carbocycles. The molecule has 1 fully saturated rings. The van der Waals surface area contributed by atoms with Gasteiger partial charge in [0.1, 0.15) is 5.69 Å². The Morgan fingerprint density at radius 1 is 1.19 bits per heavy atom. The number of benzene rings is 1. The third kappa shape index (κ3) is 3.50. The third-order valence-corrected chi connectivity index (χ3v) is 4.13. The predicted octanol–water partition coefficient (Wildman–Crippen LogP) is 3.05. The SMILES string of the molecule is CN(C(=O)c1cc(F)c(NN)c(F)c1)C1CCCCCC1. The lowest BCUT2D eigenvalue weighted by Crippen LogP contribution is -2.36. The Bertz CT molecular complexity index is 491. The number of nitrogens with one attached hydrogen (secondary N) is 1. The van der Waals surface area contributed by atoms with E-state index in [0.717, 1.165) is 37.8 Å². The molecule has 0 bridgehead atoms. The zero-order valence-corrected chi connectivity index (χ0v) is 12.2. The van der Waals surface area contributed by atoms with Crippen molar-refractivity contribution in [2.24, 2.45) is 5.84 Å². The largest absolute Gasteiger partial charge is 0.339 e. The van der Waals surface area contributed by atoms with Crippen LogP contribution in [0, 0.1) is 11.6 Å². The Kier molecular flexibility index (Phi) is 5.12. The number of carbonyl (C=O) groups is 1. The fraction of sp³-hybridized carbons (Fsp3) is 0.533. The van der Waals surface area contributed by atoms with E-state index in [1.165, 1.54) is 12.8 Å². The minimum absolute atomic E-state index is 0.00995. The number of anilines is 1. The first kappa shape index (κ1) is 15.7. The van der Waals surface area contributed by atoms with Gasteiger partial charge in [0.05, 0.1) is 0 Å². The van der Waals surface area contributed by atoms with Crippen LogP contribution < -0.4 is 11.3 Å². The Hall–Kier alpha value is -1.69. The highest BCUT2D eigenvalue weighted by Gasteiger charge is 2.24. The molecule has 0 radical (unpaired) electrons. The lowest BCUT2D eigenvalue weighted by molar-refractivity contribution is 0.0716. The maximum Gasteiger partial charge on any atom is 0.254 e. The van der Waals surface area contributed by atoms with Gasteiger partial charge in [0.2, 0.25) is 0 Å². The summed E-state index contributed by atoms with van der Waals surface area (Å²) in [5, 5.41) is 0. The first-order valence-electron chi connectivity index (χ1n) is 7.27. The fourth-order valence-electron chi connectivity index (χ4n) is 2.85. The number of nitrogens with zero attached hydrogens (tertiary/aromatic N) is 1. The molecular weight excluding hydrogens is 276 g/mol. The van der Waals surface area contributed by atoms with Crippen LogP contribution in [0.2, 0.25) is 0 Å². The van der Waals surface area contributed by atoms with Crippen molar-refractivity contribution in [1.82, 2.24) is 4.90 Å². The molecule has 0 spiro atoms. The molecule has 6 heteroatoms. The summed E-state index contributed by atoms with van der Waals surface area (Å²) in [6.45, 7) is 0. The topological polar surface area (TPSA) is 58.4 Å². The fourth-order valence-corrected chi connectivity index (χ4v) is 2.85. The molecular formula is C15H21F2N3O. The van der Waals surface area contributed by atoms with E-state index in [0.29, 0.717) is 0 Å². The monoisotopic (exact) mass is 297 g/mol. The number of hydrogen-bond acceptors (Lipinski definition) is 3. The second kappa shape index (κ2) is 6.85. The molecule has 1 aromatic rings. The second-order valence-corrected chi connectivity index (χ2v) is 5.52. The van der Waals surface area contributed by atoms with Crippen LogP contribution in [-0.2, 0) is 0 Å². The molecule has 3 N–H and O–H groups in total. The molecule has 4 nitrogen and oxygen atoms in total. The molecule has 0 atom stereocenters. The summed E-state index contributed by atoms with van der Waals surface area (Å²) in [4.78, 5) is 14.0. The standard InChI is InChI=1S/C15H21F2N3O/c1-20(11-6-4-2-3-5-7-11)15(21)10-8-12(16)14(19-18)13(17)9-10/h8-9,11,19H,2-7,18H2,1H3. The molecule has 116 valence electrons. The van der Waals surface area contributed by atoms with Gasteiger partial charge in [-0.1, -0.05) is 25.7 Å². The van der Waals surface area contributed by atoms with Crippen LogP contribution in [0.25, 0.3) is 0 Å². The van der Waals surface area contributed by atoms with Gasteiger partial charge in [0.25, 0.3) is 5.91 Å². The summed E-state index contributed by atoms with van der Waals surface area (Å²) >= 11 is 0. The number of hydrogen-bond donors (Lipinski definition) is 2. The van der Waals surface area contributed by atoms with E-state index in [2.05, 4.69) is 0 Å². The number of nitrogens with two attached hydrogens (primary N) is 1. The van der Waals surface area contributed by atoms with Crippen molar-refractivity contribution in [1.29, 1.82) is 0 Å². The lowest BCUT2D eigenvalue weighted by atomic mass is 10.1. The molecule has 1 amide bonds. The Balaban J connectivity index is 2.18. The molecule has 0 unspecified atom stereocenters. The van der Waals surface area contributed by atoms with Gasteiger partial charge in [0, 0.05) is 18.7 Å². The van der Waals surface area contributed by atoms with E-state index in [9.17, 15) is 13.6 Å². The van der Waals surface area contributed by atoms with Crippen molar-refractivity contribution in [2.75, 3.05) is 12.5 Å². The summed E-state index contributed by atoms with van der Waals surface area (Å²) < 4.78 is 27.4. The van der Waals surface area contributed by atoms with Crippen LogP contribution >= 0.6 is 0 Å². The van der Waals surface area contributed by atoms with Crippen molar-refractivity contribution in [3.8, 4) is 0 Å². The summed E-state index contributed by atoms with van der Waals surface area (Å²) in [6.07, 6.45) is 6.41. The number of nitrogen functional groups attached to an aromatic ring is 1. The molecule has 0 heterocycles. The quantitative estimate of drug-likeness (QED) is 0.512. The van der Waals surface area contributed by atoms with E-state index < -0.39 is 17.3 Å². The van der Waals surface area contributed by atoms with E-state index in [4.69, 9.17) is 5.84 Å². The molecule has 1 saturated carbocycles. The molecule has 1 aliphatic rings. The number of rotatable bonds is 3. The number of carbonyl (C=O) groups excluding carboxylic acids is 1. The van der Waals surface area contributed by atoms with E-state index >= 15 is 0 Å². The molecule has 2 rings (SSSR count). The summed E-state index contributed by atoms with van der Waals surface area (Å²) in [5.41, 5.74) is 1.54. The Labute approximate surface area is 123 Å². The highest BCUT2D eigenvalue weighted by Crippen LogP contribution is 2.24. The maximum atomic E-state index is 13.7. The van der Waals surface area contributed by atoms with Crippen LogP contribution in [0.4, 0.5) is 14.5 Å². The van der Waals surface area contributed by atoms with E-state index in [1.807, 2.05) is 5.43 Å². The normalized spacial score (nSPS) is 16.4. The van der Waals surface area contributed by atoms with Crippen LogP contribution in [0.15, 0.2) is 12.1 Å². The van der Waals surface area contributed by atoms with Crippen molar-refractivity contribution in [3.63, 3.8) is 0 Å². The number of amides is 1. The van der Waals surface area contributed by atoms with Gasteiger partial charge in [-0.2, -0.15) is 0 Å². The lowest BCUT2D eigenvalue weighted by Gasteiger charge is -2.27. The van der Waals surface area contributed by atoms with Crippen molar-refractivity contribution < 1.29 is 13.6 Å². The minimum Gasteiger partial charge on any atom is -0.339 e. The smallest absolute Gasteiger partial charge is 0.254 e. The van der Waals surface area contributed by atoms with Gasteiger partial charge in [-0.15, -0.1) is 0 Å². The maximum absolute atomic E-state index is 13.7. The molecule has 1 aliphatic carbocycles. The van der Waals surface area contributed by atoms with Gasteiger partial charge in [-0.05, 0) is 25.0 Å². The third-order valence-electron chi connectivity index (χ3n) is 4.13. The van der Waals surface area contributed by atoms with Gasteiger partial charge < -0.3 is 10.3 Å². The van der Waals surface area contributed by atoms with E-state index in [1.54, 1.807) is 11.9 Å². The average molecular weight is 297 g/mol. The van der Waals surface area contributed by atoms with Crippen LogP contribution in [0.1, 0.15) is 48.9 Å².